The Morgan fingerprint density at radius 1 is 0.767 bits per heavy atom. The molecule has 172 valence electrons. The topological polar surface area (TPSA) is 139 Å². The van der Waals surface area contributed by atoms with Crippen LogP contribution in [0.25, 0.3) is 0 Å². The van der Waals surface area contributed by atoms with Crippen LogP contribution in [0.2, 0.25) is 0 Å². The van der Waals surface area contributed by atoms with Crippen molar-refractivity contribution in [3.05, 3.63) is 0 Å². The number of carboxylic acid groups (broad SMARTS) is 3. The van der Waals surface area contributed by atoms with Crippen molar-refractivity contribution in [2.45, 2.75) is 39.7 Å². The van der Waals surface area contributed by atoms with Gasteiger partial charge in [0.15, 0.2) is 0 Å². The summed E-state index contributed by atoms with van der Waals surface area (Å²) in [6, 6.07) is -0.775. The number of Topliss-reactive ketones (excluding diaryl/α,β-unsaturated/α-hetero) is 1. The number of hydrogen-bond acceptors (Lipinski definition) is 7. The molecule has 0 spiro atoms. The number of aliphatic carboxylic acids is 3. The second-order valence-corrected chi connectivity index (χ2v) is 8.18. The van der Waals surface area contributed by atoms with Gasteiger partial charge in [-0.05, 0) is 25.7 Å². The molecule has 0 saturated carbocycles. The van der Waals surface area contributed by atoms with Crippen LogP contribution in [0.15, 0.2) is 0 Å². The highest BCUT2D eigenvalue weighted by atomic mass is 16.4. The number of nitrogens with zero attached hydrogens (tertiary/aromatic N) is 3. The number of carbonyl (C=O) groups excluding carboxylic acids is 1. The Morgan fingerprint density at radius 3 is 1.57 bits per heavy atom. The molecule has 2 unspecified atom stereocenters. The molecule has 0 aromatic rings. The summed E-state index contributed by atoms with van der Waals surface area (Å²) in [4.78, 5) is 51.1. The van der Waals surface area contributed by atoms with E-state index in [2.05, 4.69) is 0 Å². The zero-order valence-corrected chi connectivity index (χ0v) is 18.1. The number of carbonyl (C=O) groups is 4. The highest BCUT2D eigenvalue weighted by Crippen LogP contribution is 2.21. The molecule has 0 amide bonds. The SMILES string of the molecule is CC(=O)C(C)C(C)CC[C@H](C(=O)O)N1CCN(CC(=O)O)CCN(CC(=O)O)CC1. The maximum absolute atomic E-state index is 12.0. The first-order valence-electron chi connectivity index (χ1n) is 10.4. The molecule has 0 aromatic carbocycles. The van der Waals surface area contributed by atoms with E-state index in [4.69, 9.17) is 10.2 Å². The number of ketones is 1. The largest absolute Gasteiger partial charge is 0.480 e. The Bertz CT molecular complexity index is 585. The fourth-order valence-corrected chi connectivity index (χ4v) is 3.70. The van der Waals surface area contributed by atoms with Gasteiger partial charge in [-0.25, -0.2) is 0 Å². The predicted molar refractivity (Wildman–Crippen MR) is 109 cm³/mol. The fraction of sp³-hybridized carbons (Fsp3) is 0.800. The van der Waals surface area contributed by atoms with Crippen molar-refractivity contribution in [1.29, 1.82) is 0 Å². The van der Waals surface area contributed by atoms with Gasteiger partial charge in [-0.15, -0.1) is 0 Å². The van der Waals surface area contributed by atoms with E-state index in [-0.39, 0.29) is 30.7 Å². The molecule has 1 fully saturated rings. The van der Waals surface area contributed by atoms with Crippen molar-refractivity contribution in [2.75, 3.05) is 52.4 Å². The molecule has 10 heteroatoms. The predicted octanol–water partition coefficient (Wildman–Crippen LogP) is 0.170. The molecule has 0 radical (unpaired) electrons. The minimum absolute atomic E-state index is 0.0499. The van der Waals surface area contributed by atoms with Gasteiger partial charge in [-0.2, -0.15) is 0 Å². The van der Waals surface area contributed by atoms with Crippen molar-refractivity contribution in [3.63, 3.8) is 0 Å². The molecular formula is C20H35N3O7. The van der Waals surface area contributed by atoms with E-state index in [1.54, 1.807) is 14.7 Å². The molecule has 3 atom stereocenters. The standard InChI is InChI=1S/C20H35N3O7/c1-14(15(2)16(3)24)4-5-17(20(29)30)23-10-8-21(12-18(25)26)6-7-22(9-11-23)13-19(27)28/h14-15,17H,4-13H2,1-3H3,(H,25,26)(H,27,28)(H,29,30)/t14?,15?,17-/m1/s1. The summed E-state index contributed by atoms with van der Waals surface area (Å²) in [5.41, 5.74) is 0. The lowest BCUT2D eigenvalue weighted by molar-refractivity contribution is -0.144. The quantitative estimate of drug-likeness (QED) is 0.416. The summed E-state index contributed by atoms with van der Waals surface area (Å²) in [7, 11) is 0. The Kier molecular flexibility index (Phi) is 10.9. The van der Waals surface area contributed by atoms with Crippen LogP contribution in [0.4, 0.5) is 0 Å². The van der Waals surface area contributed by atoms with Gasteiger partial charge < -0.3 is 15.3 Å². The minimum atomic E-state index is -0.979. The van der Waals surface area contributed by atoms with Crippen molar-refractivity contribution in [1.82, 2.24) is 14.7 Å². The van der Waals surface area contributed by atoms with Crippen LogP contribution in [0, 0.1) is 11.8 Å². The van der Waals surface area contributed by atoms with E-state index in [1.165, 1.54) is 6.92 Å². The summed E-state index contributed by atoms with van der Waals surface area (Å²) >= 11 is 0. The summed E-state index contributed by atoms with van der Waals surface area (Å²) in [6.07, 6.45) is 0.942. The van der Waals surface area contributed by atoms with E-state index in [1.807, 2.05) is 13.8 Å². The first kappa shape index (κ1) is 26.0. The lowest BCUT2D eigenvalue weighted by atomic mass is 9.87. The molecule has 1 saturated heterocycles. The van der Waals surface area contributed by atoms with Gasteiger partial charge in [0.2, 0.25) is 0 Å². The summed E-state index contributed by atoms with van der Waals surface area (Å²) in [6.45, 7) is 7.28. The Balaban J connectivity index is 2.91. The van der Waals surface area contributed by atoms with Gasteiger partial charge >= 0.3 is 17.9 Å². The van der Waals surface area contributed by atoms with Gasteiger partial charge in [0.25, 0.3) is 0 Å². The molecule has 1 aliphatic heterocycles. The second-order valence-electron chi connectivity index (χ2n) is 8.18. The molecular weight excluding hydrogens is 394 g/mol. The van der Waals surface area contributed by atoms with Crippen LogP contribution in [0.3, 0.4) is 0 Å². The summed E-state index contributed by atoms with van der Waals surface area (Å²) < 4.78 is 0. The monoisotopic (exact) mass is 429 g/mol. The van der Waals surface area contributed by atoms with E-state index in [0.717, 1.165) is 0 Å². The van der Waals surface area contributed by atoms with Gasteiger partial charge in [-0.3, -0.25) is 33.9 Å². The molecule has 30 heavy (non-hydrogen) atoms. The van der Waals surface area contributed by atoms with E-state index in [0.29, 0.717) is 52.1 Å². The molecule has 10 nitrogen and oxygen atoms in total. The first-order valence-corrected chi connectivity index (χ1v) is 10.4. The van der Waals surface area contributed by atoms with Crippen LogP contribution in [0.1, 0.15) is 33.6 Å². The maximum atomic E-state index is 12.0. The van der Waals surface area contributed by atoms with E-state index < -0.39 is 23.9 Å². The Labute approximate surface area is 177 Å². The van der Waals surface area contributed by atoms with Crippen LogP contribution < -0.4 is 0 Å². The van der Waals surface area contributed by atoms with Crippen LogP contribution >= 0.6 is 0 Å². The molecule has 1 heterocycles. The molecule has 0 aliphatic carbocycles. The Morgan fingerprint density at radius 2 is 1.20 bits per heavy atom. The zero-order valence-electron chi connectivity index (χ0n) is 18.1. The zero-order chi connectivity index (χ0) is 22.8. The molecule has 1 aliphatic rings. The molecule has 0 aromatic heterocycles. The average molecular weight is 430 g/mol. The lowest BCUT2D eigenvalue weighted by Gasteiger charge is -2.31. The third-order valence-corrected chi connectivity index (χ3v) is 5.97. The smallest absolute Gasteiger partial charge is 0.320 e. The third kappa shape index (κ3) is 9.19. The van der Waals surface area contributed by atoms with Gasteiger partial charge in [-0.1, -0.05) is 13.8 Å². The number of rotatable bonds is 11. The Hall–Kier alpha value is -2.04. The number of carboxylic acids is 3. The van der Waals surface area contributed by atoms with Crippen LogP contribution in [-0.2, 0) is 19.2 Å². The highest BCUT2D eigenvalue weighted by molar-refractivity contribution is 5.78. The van der Waals surface area contributed by atoms with Crippen molar-refractivity contribution < 1.29 is 34.5 Å². The highest BCUT2D eigenvalue weighted by Gasteiger charge is 2.29. The van der Waals surface area contributed by atoms with E-state index in [9.17, 15) is 24.3 Å². The van der Waals surface area contributed by atoms with Gasteiger partial charge in [0.1, 0.15) is 11.8 Å². The summed E-state index contributed by atoms with van der Waals surface area (Å²) in [5.74, 6) is -2.95. The van der Waals surface area contributed by atoms with Crippen molar-refractivity contribution >= 4 is 23.7 Å². The van der Waals surface area contributed by atoms with Crippen LogP contribution in [-0.4, -0.2) is 112 Å². The summed E-state index contributed by atoms with van der Waals surface area (Å²) in [5, 5.41) is 28.1. The second kappa shape index (κ2) is 12.6. The van der Waals surface area contributed by atoms with Gasteiger partial charge in [0, 0.05) is 45.2 Å². The van der Waals surface area contributed by atoms with E-state index >= 15 is 0 Å². The molecule has 0 bridgehead atoms. The number of hydrogen-bond donors (Lipinski definition) is 3. The normalized spacial score (nSPS) is 20.4. The molecule has 1 rings (SSSR count). The first-order chi connectivity index (χ1) is 14.0. The average Bonchev–Trinajstić information content (AvgIpc) is 2.72. The molecule has 3 N–H and O–H groups in total. The van der Waals surface area contributed by atoms with Gasteiger partial charge in [0.05, 0.1) is 13.1 Å². The van der Waals surface area contributed by atoms with Crippen molar-refractivity contribution in [2.24, 2.45) is 11.8 Å². The minimum Gasteiger partial charge on any atom is -0.480 e. The fourth-order valence-electron chi connectivity index (χ4n) is 3.70. The lowest BCUT2D eigenvalue weighted by Crippen LogP contribution is -2.47. The maximum Gasteiger partial charge on any atom is 0.320 e. The third-order valence-electron chi connectivity index (χ3n) is 5.97. The van der Waals surface area contributed by atoms with Crippen molar-refractivity contribution in [3.8, 4) is 0 Å². The van der Waals surface area contributed by atoms with Crippen LogP contribution in [0.5, 0.6) is 0 Å².